The number of hydrogen-bond donors (Lipinski definition) is 1. The Hall–Kier alpha value is -1.09. The highest BCUT2D eigenvalue weighted by molar-refractivity contribution is 5.38. The molecule has 3 heteroatoms. The molecule has 16 heavy (non-hydrogen) atoms. The van der Waals surface area contributed by atoms with Gasteiger partial charge in [-0.3, -0.25) is 0 Å². The average Bonchev–Trinajstić information content (AvgIpc) is 2.42. The van der Waals surface area contributed by atoms with Gasteiger partial charge in [-0.1, -0.05) is 26.0 Å². The van der Waals surface area contributed by atoms with E-state index >= 15 is 0 Å². The number of hydrogen-bond acceptors (Lipinski definition) is 2. The van der Waals surface area contributed by atoms with Gasteiger partial charge in [-0.05, 0) is 18.9 Å². The molecule has 1 aliphatic heterocycles. The summed E-state index contributed by atoms with van der Waals surface area (Å²) in [6.45, 7) is 4.81. The monoisotopic (exact) mass is 223 g/mol. The summed E-state index contributed by atoms with van der Waals surface area (Å²) in [6.07, 6.45) is 1.95. The normalized spacial score (nSPS) is 20.1. The van der Waals surface area contributed by atoms with Gasteiger partial charge >= 0.3 is 0 Å². The third-order valence-corrected chi connectivity index (χ3v) is 2.79. The number of para-hydroxylation sites is 1. The predicted octanol–water partition coefficient (Wildman–Crippen LogP) is 3.04. The van der Waals surface area contributed by atoms with Crippen molar-refractivity contribution in [1.29, 1.82) is 0 Å². The molecule has 0 saturated carbocycles. The first-order chi connectivity index (χ1) is 7.68. The van der Waals surface area contributed by atoms with E-state index in [2.05, 4.69) is 19.2 Å². The summed E-state index contributed by atoms with van der Waals surface area (Å²) in [5.74, 6) is 0.174. The Bertz CT molecular complexity index is 365. The first kappa shape index (κ1) is 11.4. The maximum atomic E-state index is 13.6. The smallest absolute Gasteiger partial charge is 0.165 e. The van der Waals surface area contributed by atoms with Gasteiger partial charge in [0.2, 0.25) is 0 Å². The van der Waals surface area contributed by atoms with Crippen molar-refractivity contribution in [3.63, 3.8) is 0 Å². The summed E-state index contributed by atoms with van der Waals surface area (Å²) in [7, 11) is 0. The minimum atomic E-state index is -0.255. The summed E-state index contributed by atoms with van der Waals surface area (Å²) < 4.78 is 19.1. The molecular weight excluding hydrogens is 205 g/mol. The molecule has 2 rings (SSSR count). The van der Waals surface area contributed by atoms with Crippen LogP contribution in [0.5, 0.6) is 5.75 Å². The lowest BCUT2D eigenvalue weighted by atomic mass is 10.0. The SMILES string of the molecule is CC(C)NC1CCCOc2c(F)cccc21. The molecule has 1 heterocycles. The van der Waals surface area contributed by atoms with Gasteiger partial charge in [-0.15, -0.1) is 0 Å². The van der Waals surface area contributed by atoms with E-state index in [1.807, 2.05) is 6.07 Å². The Balaban J connectivity index is 2.33. The maximum absolute atomic E-state index is 13.6. The molecule has 0 radical (unpaired) electrons. The van der Waals surface area contributed by atoms with Crippen molar-refractivity contribution in [3.05, 3.63) is 29.6 Å². The number of nitrogens with one attached hydrogen (secondary N) is 1. The highest BCUT2D eigenvalue weighted by atomic mass is 19.1. The highest BCUT2D eigenvalue weighted by Gasteiger charge is 2.22. The zero-order valence-electron chi connectivity index (χ0n) is 9.79. The van der Waals surface area contributed by atoms with E-state index in [9.17, 15) is 4.39 Å². The van der Waals surface area contributed by atoms with Gasteiger partial charge in [-0.25, -0.2) is 4.39 Å². The fourth-order valence-electron chi connectivity index (χ4n) is 2.14. The van der Waals surface area contributed by atoms with Crippen LogP contribution < -0.4 is 10.1 Å². The largest absolute Gasteiger partial charge is 0.490 e. The summed E-state index contributed by atoms with van der Waals surface area (Å²) in [5.41, 5.74) is 0.950. The second-order valence-electron chi connectivity index (χ2n) is 4.52. The van der Waals surface area contributed by atoms with Crippen LogP contribution >= 0.6 is 0 Å². The first-order valence-corrected chi connectivity index (χ1v) is 5.85. The fourth-order valence-corrected chi connectivity index (χ4v) is 2.14. The Labute approximate surface area is 95.8 Å². The summed E-state index contributed by atoms with van der Waals surface area (Å²) in [5, 5.41) is 3.46. The van der Waals surface area contributed by atoms with Gasteiger partial charge in [0, 0.05) is 17.6 Å². The molecule has 0 amide bonds. The topological polar surface area (TPSA) is 21.3 Å². The van der Waals surface area contributed by atoms with Crippen molar-refractivity contribution in [2.24, 2.45) is 0 Å². The number of halogens is 1. The van der Waals surface area contributed by atoms with E-state index in [4.69, 9.17) is 4.74 Å². The standard InChI is InChI=1S/C13H18FNO/c1-9(2)15-12-7-4-8-16-13-10(12)5-3-6-11(13)14/h3,5-6,9,12,15H,4,7-8H2,1-2H3. The fraction of sp³-hybridized carbons (Fsp3) is 0.538. The molecule has 1 unspecified atom stereocenters. The minimum Gasteiger partial charge on any atom is -0.490 e. The van der Waals surface area contributed by atoms with Gasteiger partial charge < -0.3 is 10.1 Å². The highest BCUT2D eigenvalue weighted by Crippen LogP contribution is 2.33. The second-order valence-corrected chi connectivity index (χ2v) is 4.52. The molecule has 0 spiro atoms. The Morgan fingerprint density at radius 3 is 3.00 bits per heavy atom. The van der Waals surface area contributed by atoms with Crippen LogP contribution in [0.2, 0.25) is 0 Å². The van der Waals surface area contributed by atoms with Crippen LogP contribution in [0.4, 0.5) is 4.39 Å². The third kappa shape index (κ3) is 2.35. The Kier molecular flexibility index (Phi) is 3.44. The molecule has 1 aliphatic rings. The quantitative estimate of drug-likeness (QED) is 0.832. The van der Waals surface area contributed by atoms with Gasteiger partial charge in [0.25, 0.3) is 0 Å². The van der Waals surface area contributed by atoms with Gasteiger partial charge in [0.1, 0.15) is 0 Å². The molecule has 0 aliphatic carbocycles. The third-order valence-electron chi connectivity index (χ3n) is 2.79. The number of ether oxygens (including phenoxy) is 1. The molecule has 88 valence electrons. The Morgan fingerprint density at radius 2 is 2.25 bits per heavy atom. The van der Waals surface area contributed by atoms with E-state index in [1.54, 1.807) is 6.07 Å². The van der Waals surface area contributed by atoms with Crippen LogP contribution in [-0.2, 0) is 0 Å². The zero-order chi connectivity index (χ0) is 11.5. The molecular formula is C13H18FNO. The van der Waals surface area contributed by atoms with Crippen LogP contribution in [-0.4, -0.2) is 12.6 Å². The van der Waals surface area contributed by atoms with E-state index in [0.717, 1.165) is 18.4 Å². The molecule has 0 aromatic heterocycles. The lowest BCUT2D eigenvalue weighted by Gasteiger charge is -2.20. The average molecular weight is 223 g/mol. The van der Waals surface area contributed by atoms with Gasteiger partial charge in [-0.2, -0.15) is 0 Å². The van der Waals surface area contributed by atoms with Crippen molar-refractivity contribution >= 4 is 0 Å². The lowest BCUT2D eigenvalue weighted by molar-refractivity contribution is 0.300. The first-order valence-electron chi connectivity index (χ1n) is 5.85. The molecule has 0 bridgehead atoms. The minimum absolute atomic E-state index is 0.202. The molecule has 1 aromatic rings. The van der Waals surface area contributed by atoms with Crippen LogP contribution in [0.25, 0.3) is 0 Å². The molecule has 2 nitrogen and oxygen atoms in total. The van der Waals surface area contributed by atoms with Crippen LogP contribution in [0.15, 0.2) is 18.2 Å². The molecule has 1 aromatic carbocycles. The van der Waals surface area contributed by atoms with Crippen molar-refractivity contribution < 1.29 is 9.13 Å². The van der Waals surface area contributed by atoms with Crippen LogP contribution in [0.3, 0.4) is 0 Å². The van der Waals surface area contributed by atoms with Crippen LogP contribution in [0, 0.1) is 5.82 Å². The van der Waals surface area contributed by atoms with E-state index < -0.39 is 0 Å². The van der Waals surface area contributed by atoms with E-state index in [-0.39, 0.29) is 11.9 Å². The lowest BCUT2D eigenvalue weighted by Crippen LogP contribution is -2.27. The Morgan fingerprint density at radius 1 is 1.44 bits per heavy atom. The summed E-state index contributed by atoms with van der Waals surface area (Å²) in [6, 6.07) is 5.74. The molecule has 0 fully saturated rings. The molecule has 1 N–H and O–H groups in total. The van der Waals surface area contributed by atoms with Gasteiger partial charge in [0.15, 0.2) is 11.6 Å². The van der Waals surface area contributed by atoms with Crippen molar-refractivity contribution in [3.8, 4) is 5.75 Å². The molecule has 0 saturated heterocycles. The van der Waals surface area contributed by atoms with Crippen molar-refractivity contribution in [2.45, 2.75) is 38.8 Å². The number of rotatable bonds is 2. The van der Waals surface area contributed by atoms with Crippen LogP contribution in [0.1, 0.15) is 38.3 Å². The van der Waals surface area contributed by atoms with Gasteiger partial charge in [0.05, 0.1) is 6.61 Å². The summed E-state index contributed by atoms with van der Waals surface area (Å²) in [4.78, 5) is 0. The van der Waals surface area contributed by atoms with Crippen molar-refractivity contribution in [1.82, 2.24) is 5.32 Å². The molecule has 1 atom stereocenters. The van der Waals surface area contributed by atoms with E-state index in [1.165, 1.54) is 6.07 Å². The second kappa shape index (κ2) is 4.83. The van der Waals surface area contributed by atoms with Crippen molar-refractivity contribution in [2.75, 3.05) is 6.61 Å². The maximum Gasteiger partial charge on any atom is 0.165 e. The number of benzene rings is 1. The predicted molar refractivity (Wildman–Crippen MR) is 62.1 cm³/mol. The summed E-state index contributed by atoms with van der Waals surface area (Å²) >= 11 is 0. The zero-order valence-corrected chi connectivity index (χ0v) is 9.79. The number of fused-ring (bicyclic) bond motifs is 1. The van der Waals surface area contributed by atoms with E-state index in [0.29, 0.717) is 18.4 Å².